The molecule has 0 saturated heterocycles. The maximum atomic E-state index is 10.5. The van der Waals surface area contributed by atoms with Crippen molar-refractivity contribution in [1.29, 1.82) is 0 Å². The van der Waals surface area contributed by atoms with Crippen LogP contribution in [0.3, 0.4) is 0 Å². The predicted octanol–water partition coefficient (Wildman–Crippen LogP) is 4.48. The van der Waals surface area contributed by atoms with Crippen LogP contribution in [0.5, 0.6) is 5.75 Å². The fraction of sp³-hybridized carbons (Fsp3) is 0.263. The molecular weight excluding hydrogens is 260 g/mol. The van der Waals surface area contributed by atoms with E-state index in [-0.39, 0.29) is 5.75 Å². The summed E-state index contributed by atoms with van der Waals surface area (Å²) >= 11 is 0. The van der Waals surface area contributed by atoms with Gasteiger partial charge in [0.2, 0.25) is 0 Å². The van der Waals surface area contributed by atoms with Gasteiger partial charge in [0, 0.05) is 5.56 Å². The summed E-state index contributed by atoms with van der Waals surface area (Å²) in [5.74, 6) is 0.256. The van der Waals surface area contributed by atoms with Crippen LogP contribution in [-0.2, 0) is 0 Å². The van der Waals surface area contributed by atoms with Crippen LogP contribution in [0, 0.1) is 0 Å². The fourth-order valence-electron chi connectivity index (χ4n) is 2.64. The number of hydrogen-bond acceptors (Lipinski definition) is 2. The third-order valence-corrected chi connectivity index (χ3v) is 3.71. The molecule has 0 heterocycles. The van der Waals surface area contributed by atoms with Crippen molar-refractivity contribution in [1.82, 2.24) is 0 Å². The monoisotopic (exact) mass is 282 g/mol. The molecule has 21 heavy (non-hydrogen) atoms. The molecule has 0 spiro atoms. The Kier molecular flexibility index (Phi) is 5.18. The minimum absolute atomic E-state index is 0.256. The Morgan fingerprint density at radius 2 is 1.57 bits per heavy atom. The highest BCUT2D eigenvalue weighted by atomic mass is 16.3. The summed E-state index contributed by atoms with van der Waals surface area (Å²) < 4.78 is 0. The predicted molar refractivity (Wildman–Crippen MR) is 88.0 cm³/mol. The first-order valence-electron chi connectivity index (χ1n) is 7.43. The van der Waals surface area contributed by atoms with E-state index in [1.807, 2.05) is 62.4 Å². The van der Waals surface area contributed by atoms with Crippen LogP contribution < -0.4 is 0 Å². The van der Waals surface area contributed by atoms with Crippen LogP contribution in [0.1, 0.15) is 37.8 Å². The van der Waals surface area contributed by atoms with E-state index in [0.29, 0.717) is 6.42 Å². The number of aliphatic hydroxyl groups excluding tert-OH is 1. The van der Waals surface area contributed by atoms with Gasteiger partial charge >= 0.3 is 0 Å². The van der Waals surface area contributed by atoms with Gasteiger partial charge in [-0.3, -0.25) is 0 Å². The third kappa shape index (κ3) is 3.34. The summed E-state index contributed by atoms with van der Waals surface area (Å²) in [6.45, 7) is 4.01. The molecule has 0 radical (unpaired) electrons. The lowest BCUT2D eigenvalue weighted by Crippen LogP contribution is -2.10. The van der Waals surface area contributed by atoms with Gasteiger partial charge in [-0.15, -0.1) is 0 Å². The molecule has 0 fully saturated rings. The Hall–Kier alpha value is -2.06. The molecule has 0 aromatic heterocycles. The van der Waals surface area contributed by atoms with Gasteiger partial charge in [-0.25, -0.2) is 0 Å². The Bertz CT molecular complexity index is 614. The Morgan fingerprint density at radius 3 is 2.14 bits per heavy atom. The first-order chi connectivity index (χ1) is 10.2. The van der Waals surface area contributed by atoms with Gasteiger partial charge in [0.15, 0.2) is 0 Å². The van der Waals surface area contributed by atoms with E-state index in [1.54, 1.807) is 6.07 Å². The summed E-state index contributed by atoms with van der Waals surface area (Å²) in [5, 5.41) is 20.6. The Labute approximate surface area is 126 Å². The molecule has 1 unspecified atom stereocenters. The summed E-state index contributed by atoms with van der Waals surface area (Å²) in [6.07, 6.45) is 0.849. The number of benzene rings is 2. The normalized spacial score (nSPS) is 13.7. The molecule has 2 N–H and O–H groups in total. The smallest absolute Gasteiger partial charge is 0.123 e. The maximum absolute atomic E-state index is 10.5. The SMILES string of the molecule is CC/C(=C(\c1ccccc1)C(O)CC)c1ccccc1O. The van der Waals surface area contributed by atoms with Crippen LogP contribution in [0.15, 0.2) is 54.6 Å². The van der Waals surface area contributed by atoms with Gasteiger partial charge in [0.1, 0.15) is 5.75 Å². The van der Waals surface area contributed by atoms with Gasteiger partial charge in [0.05, 0.1) is 6.10 Å². The van der Waals surface area contributed by atoms with Crippen molar-refractivity contribution in [3.05, 3.63) is 65.7 Å². The molecule has 0 aliphatic rings. The average molecular weight is 282 g/mol. The molecule has 2 nitrogen and oxygen atoms in total. The fourth-order valence-corrected chi connectivity index (χ4v) is 2.64. The van der Waals surface area contributed by atoms with E-state index in [0.717, 1.165) is 28.7 Å². The zero-order valence-electron chi connectivity index (χ0n) is 12.6. The number of aromatic hydroxyl groups is 1. The number of aliphatic hydroxyl groups is 1. The molecule has 0 saturated carbocycles. The van der Waals surface area contributed by atoms with Crippen molar-refractivity contribution < 1.29 is 10.2 Å². The van der Waals surface area contributed by atoms with Crippen molar-refractivity contribution in [3.8, 4) is 5.75 Å². The maximum Gasteiger partial charge on any atom is 0.123 e. The zero-order chi connectivity index (χ0) is 15.2. The summed E-state index contributed by atoms with van der Waals surface area (Å²) in [7, 11) is 0. The number of allylic oxidation sites excluding steroid dienone is 1. The van der Waals surface area contributed by atoms with E-state index in [9.17, 15) is 10.2 Å². The van der Waals surface area contributed by atoms with Crippen LogP contribution in [-0.4, -0.2) is 16.3 Å². The molecule has 0 aliphatic heterocycles. The minimum atomic E-state index is -0.540. The van der Waals surface area contributed by atoms with Crippen LogP contribution in [0.25, 0.3) is 11.1 Å². The van der Waals surface area contributed by atoms with E-state index in [4.69, 9.17) is 0 Å². The van der Waals surface area contributed by atoms with Gasteiger partial charge in [-0.05, 0) is 35.6 Å². The highest BCUT2D eigenvalue weighted by Gasteiger charge is 2.18. The number of hydrogen-bond donors (Lipinski definition) is 2. The molecule has 0 aliphatic carbocycles. The number of phenols is 1. The quantitative estimate of drug-likeness (QED) is 0.794. The highest BCUT2D eigenvalue weighted by Crippen LogP contribution is 2.36. The molecule has 2 rings (SSSR count). The highest BCUT2D eigenvalue weighted by molar-refractivity contribution is 5.93. The number of rotatable bonds is 5. The van der Waals surface area contributed by atoms with Crippen molar-refractivity contribution >= 4 is 11.1 Å². The van der Waals surface area contributed by atoms with Gasteiger partial charge in [-0.1, -0.05) is 62.4 Å². The lowest BCUT2D eigenvalue weighted by atomic mass is 9.88. The van der Waals surface area contributed by atoms with Crippen molar-refractivity contribution in [3.63, 3.8) is 0 Å². The zero-order valence-corrected chi connectivity index (χ0v) is 12.6. The van der Waals surface area contributed by atoms with Crippen molar-refractivity contribution in [2.24, 2.45) is 0 Å². The van der Waals surface area contributed by atoms with Crippen LogP contribution in [0.2, 0.25) is 0 Å². The lowest BCUT2D eigenvalue weighted by Gasteiger charge is -2.20. The molecule has 0 bridgehead atoms. The summed E-state index contributed by atoms with van der Waals surface area (Å²) in [5.41, 5.74) is 3.70. The van der Waals surface area contributed by atoms with Gasteiger partial charge in [0.25, 0.3) is 0 Å². The topological polar surface area (TPSA) is 40.5 Å². The van der Waals surface area contributed by atoms with Crippen molar-refractivity contribution in [2.75, 3.05) is 0 Å². The Morgan fingerprint density at radius 1 is 0.952 bits per heavy atom. The lowest BCUT2D eigenvalue weighted by molar-refractivity contribution is 0.228. The number of phenolic OH excluding ortho intramolecular Hbond substituents is 1. The first-order valence-corrected chi connectivity index (χ1v) is 7.43. The molecule has 1 atom stereocenters. The molecule has 110 valence electrons. The second-order valence-electron chi connectivity index (χ2n) is 5.05. The van der Waals surface area contributed by atoms with E-state index in [2.05, 4.69) is 0 Å². The van der Waals surface area contributed by atoms with E-state index < -0.39 is 6.10 Å². The molecular formula is C19H22O2. The third-order valence-electron chi connectivity index (χ3n) is 3.71. The Balaban J connectivity index is 2.68. The molecule has 2 aromatic carbocycles. The minimum Gasteiger partial charge on any atom is -0.507 e. The summed E-state index contributed by atoms with van der Waals surface area (Å²) in [6, 6.07) is 17.2. The van der Waals surface area contributed by atoms with Gasteiger partial charge < -0.3 is 10.2 Å². The van der Waals surface area contributed by atoms with Gasteiger partial charge in [-0.2, -0.15) is 0 Å². The molecule has 0 amide bonds. The van der Waals surface area contributed by atoms with Crippen LogP contribution in [0.4, 0.5) is 0 Å². The van der Waals surface area contributed by atoms with E-state index in [1.165, 1.54) is 0 Å². The summed E-state index contributed by atoms with van der Waals surface area (Å²) in [4.78, 5) is 0. The first kappa shape index (κ1) is 15.3. The average Bonchev–Trinajstić information content (AvgIpc) is 2.53. The standard InChI is InChI=1S/C19H22O2/c1-3-15(16-12-8-9-13-18(16)21)19(17(20)4-2)14-10-6-5-7-11-14/h5-13,17,20-21H,3-4H2,1-2H3/b19-15-. The second-order valence-corrected chi connectivity index (χ2v) is 5.05. The second kappa shape index (κ2) is 7.09. The van der Waals surface area contributed by atoms with Crippen molar-refractivity contribution in [2.45, 2.75) is 32.8 Å². The number of para-hydroxylation sites is 1. The molecule has 2 aromatic rings. The van der Waals surface area contributed by atoms with E-state index >= 15 is 0 Å². The molecule has 2 heteroatoms. The van der Waals surface area contributed by atoms with Crippen LogP contribution >= 0.6 is 0 Å². The largest absolute Gasteiger partial charge is 0.507 e.